The number of benzene rings is 1. The molecule has 0 unspecified atom stereocenters. The Labute approximate surface area is 149 Å². The minimum absolute atomic E-state index is 0.166. The van der Waals surface area contributed by atoms with Gasteiger partial charge in [0.1, 0.15) is 4.88 Å². The number of nitrogens with zero attached hydrogens (tertiary/aromatic N) is 3. The number of halogens is 1. The number of hydrogen-bond acceptors (Lipinski definition) is 6. The van der Waals surface area contributed by atoms with E-state index in [9.17, 15) is 9.59 Å². The van der Waals surface area contributed by atoms with Crippen molar-refractivity contribution in [2.24, 2.45) is 0 Å². The first-order chi connectivity index (χ1) is 11.6. The van der Waals surface area contributed by atoms with Crippen LogP contribution in [0.25, 0.3) is 5.69 Å². The molecule has 2 aromatic heterocycles. The molecule has 0 radical (unpaired) electrons. The molecule has 0 saturated heterocycles. The maximum absolute atomic E-state index is 12.2. The average Bonchev–Trinajstić information content (AvgIpc) is 3.24. The second-order valence-electron chi connectivity index (χ2n) is 4.61. The topological polar surface area (TPSA) is 86.1 Å². The lowest BCUT2D eigenvalue weighted by atomic mass is 10.3. The zero-order valence-corrected chi connectivity index (χ0v) is 14.8. The highest BCUT2D eigenvalue weighted by atomic mass is 79.9. The largest absolute Gasteiger partial charge is 0.465 e. The van der Waals surface area contributed by atoms with Crippen LogP contribution in [0.1, 0.15) is 20.2 Å². The van der Waals surface area contributed by atoms with Crippen LogP contribution < -0.4 is 5.32 Å². The van der Waals surface area contributed by atoms with Gasteiger partial charge in [-0.15, -0.1) is 16.4 Å². The fourth-order valence-corrected chi connectivity index (χ4v) is 3.20. The van der Waals surface area contributed by atoms with Gasteiger partial charge >= 0.3 is 5.97 Å². The molecular weight excluding hydrogens is 396 g/mol. The summed E-state index contributed by atoms with van der Waals surface area (Å²) >= 11 is 4.55. The standard InChI is InChI=1S/C15H11BrN4O3S/c1-23-15(22)12-6-7-13(24-12)17-14(21)10-8-20(19-18-10)11-5-3-2-4-9(11)16/h2-8H,1H3,(H,17,21). The maximum atomic E-state index is 12.2. The Morgan fingerprint density at radius 3 is 2.79 bits per heavy atom. The number of hydrogen-bond donors (Lipinski definition) is 1. The number of ether oxygens (including phenoxy) is 1. The molecule has 1 amide bonds. The molecule has 0 aliphatic heterocycles. The molecule has 0 bridgehead atoms. The highest BCUT2D eigenvalue weighted by molar-refractivity contribution is 9.10. The van der Waals surface area contributed by atoms with Gasteiger partial charge < -0.3 is 10.1 Å². The molecule has 9 heteroatoms. The smallest absolute Gasteiger partial charge is 0.348 e. The molecule has 0 saturated carbocycles. The number of aromatic nitrogens is 3. The Morgan fingerprint density at radius 1 is 1.25 bits per heavy atom. The van der Waals surface area contributed by atoms with Crippen molar-refractivity contribution in [2.75, 3.05) is 12.4 Å². The number of amides is 1. The third kappa shape index (κ3) is 3.36. The van der Waals surface area contributed by atoms with Crippen molar-refractivity contribution in [3.63, 3.8) is 0 Å². The van der Waals surface area contributed by atoms with Gasteiger partial charge in [0.2, 0.25) is 0 Å². The zero-order chi connectivity index (χ0) is 17.1. The minimum atomic E-state index is -0.444. The molecule has 0 aliphatic rings. The second kappa shape index (κ2) is 6.93. The van der Waals surface area contributed by atoms with Crippen molar-refractivity contribution in [3.8, 4) is 5.69 Å². The van der Waals surface area contributed by atoms with Gasteiger partial charge in [-0.2, -0.15) is 0 Å². The number of nitrogens with one attached hydrogen (secondary N) is 1. The molecule has 122 valence electrons. The summed E-state index contributed by atoms with van der Waals surface area (Å²) in [7, 11) is 1.31. The number of carbonyl (C=O) groups is 2. The lowest BCUT2D eigenvalue weighted by molar-refractivity contribution is 0.0606. The first kappa shape index (κ1) is 16.3. The molecule has 1 aromatic carbocycles. The fraction of sp³-hybridized carbons (Fsp3) is 0.0667. The van der Waals surface area contributed by atoms with Crippen molar-refractivity contribution in [3.05, 3.63) is 57.6 Å². The van der Waals surface area contributed by atoms with Crippen molar-refractivity contribution >= 4 is 44.1 Å². The van der Waals surface area contributed by atoms with Gasteiger partial charge in [0, 0.05) is 4.47 Å². The summed E-state index contributed by atoms with van der Waals surface area (Å²) < 4.78 is 6.97. The van der Waals surface area contributed by atoms with E-state index in [2.05, 4.69) is 36.3 Å². The van der Waals surface area contributed by atoms with Gasteiger partial charge in [0.05, 0.1) is 24.0 Å². The van der Waals surface area contributed by atoms with Crippen LogP contribution in [-0.4, -0.2) is 34.0 Å². The molecular formula is C15H11BrN4O3S. The van der Waals surface area contributed by atoms with Crippen molar-refractivity contribution < 1.29 is 14.3 Å². The first-order valence-corrected chi connectivity index (χ1v) is 8.36. The van der Waals surface area contributed by atoms with Crippen LogP contribution >= 0.6 is 27.3 Å². The quantitative estimate of drug-likeness (QED) is 0.672. The van der Waals surface area contributed by atoms with Crippen LogP contribution in [0.5, 0.6) is 0 Å². The number of para-hydroxylation sites is 1. The summed E-state index contributed by atoms with van der Waals surface area (Å²) in [4.78, 5) is 24.1. The summed E-state index contributed by atoms with van der Waals surface area (Å²) in [6.07, 6.45) is 1.53. The molecule has 0 aliphatic carbocycles. The van der Waals surface area contributed by atoms with Crippen LogP contribution in [0.3, 0.4) is 0 Å². The van der Waals surface area contributed by atoms with Crippen LogP contribution in [0.15, 0.2) is 47.1 Å². The van der Waals surface area contributed by atoms with E-state index < -0.39 is 11.9 Å². The average molecular weight is 407 g/mol. The monoisotopic (exact) mass is 406 g/mol. The SMILES string of the molecule is COC(=O)c1ccc(NC(=O)c2cn(-c3ccccc3Br)nn2)s1. The predicted molar refractivity (Wildman–Crippen MR) is 92.7 cm³/mol. The Balaban J connectivity index is 1.76. The summed E-state index contributed by atoms with van der Waals surface area (Å²) in [5.41, 5.74) is 0.937. The molecule has 24 heavy (non-hydrogen) atoms. The zero-order valence-electron chi connectivity index (χ0n) is 12.4. The van der Waals surface area contributed by atoms with Gasteiger partial charge in [0.15, 0.2) is 5.69 Å². The minimum Gasteiger partial charge on any atom is -0.465 e. The van der Waals surface area contributed by atoms with Gasteiger partial charge in [-0.1, -0.05) is 17.3 Å². The van der Waals surface area contributed by atoms with E-state index in [0.717, 1.165) is 21.5 Å². The van der Waals surface area contributed by atoms with Gasteiger partial charge in [-0.25, -0.2) is 9.48 Å². The van der Waals surface area contributed by atoms with Gasteiger partial charge in [0.25, 0.3) is 5.91 Å². The molecule has 7 nitrogen and oxygen atoms in total. The summed E-state index contributed by atoms with van der Waals surface area (Å²) in [5, 5.41) is 11.0. The number of esters is 1. The molecule has 1 N–H and O–H groups in total. The van der Waals surface area contributed by atoms with Crippen molar-refractivity contribution in [1.29, 1.82) is 0 Å². The Morgan fingerprint density at radius 2 is 2.04 bits per heavy atom. The molecule has 3 aromatic rings. The third-order valence-corrected chi connectivity index (χ3v) is 4.71. The molecule has 2 heterocycles. The van der Waals surface area contributed by atoms with E-state index in [4.69, 9.17) is 0 Å². The lowest BCUT2D eigenvalue weighted by Crippen LogP contribution is -2.11. The maximum Gasteiger partial charge on any atom is 0.348 e. The van der Waals surface area contributed by atoms with Crippen molar-refractivity contribution in [1.82, 2.24) is 15.0 Å². The highest BCUT2D eigenvalue weighted by Gasteiger charge is 2.15. The van der Waals surface area contributed by atoms with Gasteiger partial charge in [-0.3, -0.25) is 4.79 Å². The predicted octanol–water partition coefficient (Wildman–Crippen LogP) is 3.13. The Kier molecular flexibility index (Phi) is 4.72. The van der Waals surface area contributed by atoms with E-state index in [1.165, 1.54) is 18.0 Å². The van der Waals surface area contributed by atoms with E-state index in [1.54, 1.807) is 12.1 Å². The lowest BCUT2D eigenvalue weighted by Gasteiger charge is -2.01. The Bertz CT molecular complexity index is 906. The van der Waals surface area contributed by atoms with Crippen LogP contribution in [0.2, 0.25) is 0 Å². The molecule has 0 fully saturated rings. The number of anilines is 1. The number of thiophene rings is 1. The summed E-state index contributed by atoms with van der Waals surface area (Å²) in [6, 6.07) is 10.7. The fourth-order valence-electron chi connectivity index (χ4n) is 1.91. The van der Waals surface area contributed by atoms with E-state index in [-0.39, 0.29) is 5.69 Å². The molecule has 3 rings (SSSR count). The van der Waals surface area contributed by atoms with Crippen LogP contribution in [0, 0.1) is 0 Å². The summed E-state index contributed by atoms with van der Waals surface area (Å²) in [6.45, 7) is 0. The number of methoxy groups -OCH3 is 1. The normalized spacial score (nSPS) is 10.4. The molecule has 0 spiro atoms. The van der Waals surface area contributed by atoms with Crippen molar-refractivity contribution in [2.45, 2.75) is 0 Å². The third-order valence-electron chi connectivity index (χ3n) is 3.05. The highest BCUT2D eigenvalue weighted by Crippen LogP contribution is 2.23. The van der Waals surface area contributed by atoms with Crippen LogP contribution in [0.4, 0.5) is 5.00 Å². The van der Waals surface area contributed by atoms with E-state index >= 15 is 0 Å². The second-order valence-corrected chi connectivity index (χ2v) is 6.55. The molecule has 0 atom stereocenters. The Hall–Kier alpha value is -2.52. The van der Waals surface area contributed by atoms with E-state index in [1.807, 2.05) is 24.3 Å². The number of rotatable bonds is 4. The number of carbonyl (C=O) groups excluding carboxylic acids is 2. The first-order valence-electron chi connectivity index (χ1n) is 6.75. The van der Waals surface area contributed by atoms with Crippen LogP contribution in [-0.2, 0) is 4.74 Å². The summed E-state index contributed by atoms with van der Waals surface area (Å²) in [5.74, 6) is -0.855. The van der Waals surface area contributed by atoms with Gasteiger partial charge in [-0.05, 0) is 40.2 Å². The van der Waals surface area contributed by atoms with E-state index in [0.29, 0.717) is 9.88 Å².